The zero-order valence-corrected chi connectivity index (χ0v) is 16.3. The van der Waals surface area contributed by atoms with Crippen molar-refractivity contribution in [2.75, 3.05) is 22.1 Å². The summed E-state index contributed by atoms with van der Waals surface area (Å²) < 4.78 is 13.2. The minimum Gasteiger partial charge on any atom is -0.370 e. The number of benzene rings is 3. The van der Waals surface area contributed by atoms with Gasteiger partial charge in [0.2, 0.25) is 5.91 Å². The van der Waals surface area contributed by atoms with Crippen molar-refractivity contribution >= 4 is 28.9 Å². The highest BCUT2D eigenvalue weighted by molar-refractivity contribution is 5.97. The van der Waals surface area contributed by atoms with Gasteiger partial charge in [-0.25, -0.2) is 4.39 Å². The number of carbonyl (C=O) groups is 2. The molecule has 5 nitrogen and oxygen atoms in total. The van der Waals surface area contributed by atoms with Gasteiger partial charge in [0, 0.05) is 30.0 Å². The fourth-order valence-electron chi connectivity index (χ4n) is 3.52. The molecule has 2 N–H and O–H groups in total. The van der Waals surface area contributed by atoms with Crippen molar-refractivity contribution in [1.29, 1.82) is 0 Å². The van der Waals surface area contributed by atoms with E-state index in [1.54, 1.807) is 4.90 Å². The average molecular weight is 403 g/mol. The van der Waals surface area contributed by atoms with E-state index in [2.05, 4.69) is 10.6 Å². The summed E-state index contributed by atoms with van der Waals surface area (Å²) in [5.74, 6) is -0.481. The molecule has 1 aliphatic rings. The van der Waals surface area contributed by atoms with Gasteiger partial charge in [0.1, 0.15) is 11.9 Å². The van der Waals surface area contributed by atoms with E-state index >= 15 is 0 Å². The van der Waals surface area contributed by atoms with Gasteiger partial charge in [-0.15, -0.1) is 0 Å². The number of hydrogen-bond donors (Lipinski definition) is 2. The third kappa shape index (κ3) is 4.49. The molecule has 0 unspecified atom stereocenters. The molecule has 1 aliphatic heterocycles. The number of amides is 2. The number of nitrogens with zero attached hydrogens (tertiary/aromatic N) is 1. The Labute approximate surface area is 174 Å². The van der Waals surface area contributed by atoms with Crippen molar-refractivity contribution in [2.24, 2.45) is 0 Å². The van der Waals surface area contributed by atoms with E-state index < -0.39 is 6.04 Å². The van der Waals surface area contributed by atoms with Gasteiger partial charge in [-0.1, -0.05) is 30.3 Å². The van der Waals surface area contributed by atoms with Crippen LogP contribution in [0.5, 0.6) is 0 Å². The first-order valence-corrected chi connectivity index (χ1v) is 9.88. The van der Waals surface area contributed by atoms with Crippen LogP contribution in [-0.4, -0.2) is 18.4 Å². The van der Waals surface area contributed by atoms with Crippen molar-refractivity contribution in [3.8, 4) is 0 Å². The molecule has 152 valence electrons. The van der Waals surface area contributed by atoms with Gasteiger partial charge >= 0.3 is 0 Å². The topological polar surface area (TPSA) is 61.4 Å². The van der Waals surface area contributed by atoms with E-state index in [9.17, 15) is 14.0 Å². The highest BCUT2D eigenvalue weighted by Crippen LogP contribution is 2.26. The molecule has 1 saturated heterocycles. The van der Waals surface area contributed by atoms with Crippen LogP contribution in [0, 0.1) is 5.82 Å². The summed E-state index contributed by atoms with van der Waals surface area (Å²) in [7, 11) is 0. The van der Waals surface area contributed by atoms with Crippen LogP contribution in [0.2, 0.25) is 0 Å². The Balaban J connectivity index is 1.53. The van der Waals surface area contributed by atoms with E-state index in [0.717, 1.165) is 29.9 Å². The number of carbonyl (C=O) groups excluding carboxylic acids is 2. The van der Waals surface area contributed by atoms with E-state index in [1.165, 1.54) is 24.3 Å². The lowest BCUT2D eigenvalue weighted by Gasteiger charge is -2.21. The van der Waals surface area contributed by atoms with E-state index in [4.69, 9.17) is 0 Å². The lowest BCUT2D eigenvalue weighted by molar-refractivity contribution is -0.117. The van der Waals surface area contributed by atoms with Crippen LogP contribution >= 0.6 is 0 Å². The Bertz CT molecular complexity index is 1020. The molecule has 1 atom stereocenters. The Hall–Kier alpha value is -3.67. The molecule has 4 rings (SSSR count). The van der Waals surface area contributed by atoms with Crippen molar-refractivity contribution in [3.05, 3.63) is 90.2 Å². The second kappa shape index (κ2) is 8.78. The molecule has 1 fully saturated rings. The molecule has 0 radical (unpaired) electrons. The maximum absolute atomic E-state index is 13.2. The number of anilines is 3. The largest absolute Gasteiger partial charge is 0.370 e. The maximum atomic E-state index is 13.2. The van der Waals surface area contributed by atoms with Gasteiger partial charge in [0.15, 0.2) is 0 Å². The molecule has 0 bridgehead atoms. The fourth-order valence-corrected chi connectivity index (χ4v) is 3.52. The first-order valence-electron chi connectivity index (χ1n) is 9.88. The number of rotatable bonds is 6. The molecule has 30 heavy (non-hydrogen) atoms. The van der Waals surface area contributed by atoms with Crippen LogP contribution in [0.3, 0.4) is 0 Å². The zero-order chi connectivity index (χ0) is 20.9. The predicted octanol–water partition coefficient (Wildman–Crippen LogP) is 4.74. The first kappa shape index (κ1) is 19.6. The molecule has 0 aliphatic carbocycles. The summed E-state index contributed by atoms with van der Waals surface area (Å²) in [6, 6.07) is 21.9. The van der Waals surface area contributed by atoms with E-state index in [-0.39, 0.29) is 17.6 Å². The van der Waals surface area contributed by atoms with Crippen molar-refractivity contribution in [1.82, 2.24) is 0 Å². The van der Waals surface area contributed by atoms with E-state index in [1.807, 2.05) is 54.6 Å². The molecule has 0 spiro atoms. The van der Waals surface area contributed by atoms with Gasteiger partial charge < -0.3 is 15.5 Å². The average Bonchev–Trinajstić information content (AvgIpc) is 3.20. The minimum atomic E-state index is -0.643. The SMILES string of the molecule is O=C(Nc1ccc(F)cc1)[C@@H](Nc1ccc(N2CCCC2=O)cc1)c1ccccc1. The maximum Gasteiger partial charge on any atom is 0.251 e. The van der Waals surface area contributed by atoms with Gasteiger partial charge in [0.25, 0.3) is 5.91 Å². The quantitative estimate of drug-likeness (QED) is 0.625. The molecule has 1 heterocycles. The molecule has 2 amide bonds. The molecule has 6 heteroatoms. The van der Waals surface area contributed by atoms with Crippen LogP contribution in [0.15, 0.2) is 78.9 Å². The van der Waals surface area contributed by atoms with Gasteiger partial charge in [-0.05, 0) is 60.5 Å². The summed E-state index contributed by atoms with van der Waals surface area (Å²) in [5.41, 5.74) is 2.94. The summed E-state index contributed by atoms with van der Waals surface area (Å²) >= 11 is 0. The smallest absolute Gasteiger partial charge is 0.251 e. The Morgan fingerprint density at radius 1 is 0.900 bits per heavy atom. The summed E-state index contributed by atoms with van der Waals surface area (Å²) in [4.78, 5) is 26.7. The predicted molar refractivity (Wildman–Crippen MR) is 116 cm³/mol. The fraction of sp³-hybridized carbons (Fsp3) is 0.167. The summed E-state index contributed by atoms with van der Waals surface area (Å²) in [6.07, 6.45) is 1.46. The summed E-state index contributed by atoms with van der Waals surface area (Å²) in [5, 5.41) is 6.10. The zero-order valence-electron chi connectivity index (χ0n) is 16.3. The van der Waals surface area contributed by atoms with Gasteiger partial charge in [-0.3, -0.25) is 9.59 Å². The molecule has 3 aromatic carbocycles. The molecule has 3 aromatic rings. The van der Waals surface area contributed by atoms with Crippen molar-refractivity contribution in [3.63, 3.8) is 0 Å². The van der Waals surface area contributed by atoms with Crippen LogP contribution in [0.25, 0.3) is 0 Å². The minimum absolute atomic E-state index is 0.136. The third-order valence-electron chi connectivity index (χ3n) is 5.07. The van der Waals surface area contributed by atoms with Crippen molar-refractivity contribution < 1.29 is 14.0 Å². The van der Waals surface area contributed by atoms with Gasteiger partial charge in [-0.2, -0.15) is 0 Å². The molecule has 0 saturated carbocycles. The monoisotopic (exact) mass is 403 g/mol. The summed E-state index contributed by atoms with van der Waals surface area (Å²) in [6.45, 7) is 0.734. The Morgan fingerprint density at radius 2 is 1.57 bits per heavy atom. The number of hydrogen-bond acceptors (Lipinski definition) is 3. The number of halogens is 1. The molecular formula is C24H22FN3O2. The van der Waals surface area contributed by atoms with E-state index in [0.29, 0.717) is 12.1 Å². The normalized spacial score (nSPS) is 14.4. The highest BCUT2D eigenvalue weighted by Gasteiger charge is 2.23. The van der Waals surface area contributed by atoms with Crippen molar-refractivity contribution in [2.45, 2.75) is 18.9 Å². The van der Waals surface area contributed by atoms with Gasteiger partial charge in [0.05, 0.1) is 0 Å². The second-order valence-corrected chi connectivity index (χ2v) is 7.18. The second-order valence-electron chi connectivity index (χ2n) is 7.18. The third-order valence-corrected chi connectivity index (χ3v) is 5.07. The lowest BCUT2D eigenvalue weighted by atomic mass is 10.1. The standard InChI is InChI=1S/C24H22FN3O2/c25-18-8-10-20(11-9-18)27-24(30)23(17-5-2-1-3-6-17)26-19-12-14-21(15-13-19)28-16-4-7-22(28)29/h1-3,5-6,8-15,23,26H,4,7,16H2,(H,27,30)/t23-/m0/s1. The van der Waals surface area contributed by atoms with Crippen LogP contribution in [0.4, 0.5) is 21.5 Å². The van der Waals surface area contributed by atoms with Crippen LogP contribution in [0.1, 0.15) is 24.4 Å². The highest BCUT2D eigenvalue weighted by atomic mass is 19.1. The molecule has 0 aromatic heterocycles. The Kier molecular flexibility index (Phi) is 5.75. The molecular weight excluding hydrogens is 381 g/mol. The number of nitrogens with one attached hydrogen (secondary N) is 2. The first-order chi connectivity index (χ1) is 14.6. The Morgan fingerprint density at radius 3 is 2.20 bits per heavy atom. The van der Waals surface area contributed by atoms with Crippen LogP contribution in [-0.2, 0) is 9.59 Å². The van der Waals surface area contributed by atoms with Crippen LogP contribution < -0.4 is 15.5 Å². The lowest BCUT2D eigenvalue weighted by Crippen LogP contribution is -2.27.